The van der Waals surface area contributed by atoms with Gasteiger partial charge in [0.1, 0.15) is 6.61 Å². The quantitative estimate of drug-likeness (QED) is 0.812. The smallest absolute Gasteiger partial charge is 0.414 e. The molecule has 1 aromatic heterocycles. The summed E-state index contributed by atoms with van der Waals surface area (Å²) in [4.78, 5) is 27.7. The number of nitrogens with one attached hydrogen (secondary N) is 2. The summed E-state index contributed by atoms with van der Waals surface area (Å²) < 4.78 is 5.14. The molecule has 1 saturated heterocycles. The van der Waals surface area contributed by atoms with E-state index in [-0.39, 0.29) is 17.7 Å². The molecule has 118 valence electrons. The van der Waals surface area contributed by atoms with Crippen molar-refractivity contribution in [1.29, 1.82) is 5.26 Å². The van der Waals surface area contributed by atoms with Crippen LogP contribution in [0.2, 0.25) is 0 Å². The van der Waals surface area contributed by atoms with Gasteiger partial charge in [0.2, 0.25) is 5.56 Å². The fourth-order valence-electron chi connectivity index (χ4n) is 2.63. The number of rotatable bonds is 5. The molecule has 2 aromatic rings. The molecule has 0 aliphatic carbocycles. The van der Waals surface area contributed by atoms with E-state index < -0.39 is 0 Å². The summed E-state index contributed by atoms with van der Waals surface area (Å²) in [5.41, 5.74) is 1.28. The second kappa shape index (κ2) is 6.50. The molecule has 1 amide bonds. The maximum Gasteiger partial charge on any atom is 0.414 e. The third-order valence-corrected chi connectivity index (χ3v) is 3.74. The van der Waals surface area contributed by atoms with Crippen LogP contribution in [0.5, 0.6) is 0 Å². The fourth-order valence-corrected chi connectivity index (χ4v) is 2.63. The van der Waals surface area contributed by atoms with E-state index in [1.54, 1.807) is 23.1 Å². The van der Waals surface area contributed by atoms with Crippen molar-refractivity contribution in [3.8, 4) is 6.07 Å². The van der Waals surface area contributed by atoms with E-state index in [0.29, 0.717) is 26.1 Å². The van der Waals surface area contributed by atoms with E-state index >= 15 is 0 Å². The van der Waals surface area contributed by atoms with E-state index in [9.17, 15) is 9.59 Å². The van der Waals surface area contributed by atoms with Gasteiger partial charge >= 0.3 is 6.09 Å². The fraction of sp³-hybridized carbons (Fsp3) is 0.312. The molecule has 1 atom stereocenters. The van der Waals surface area contributed by atoms with E-state index in [4.69, 9.17) is 10.00 Å². The average molecular weight is 312 g/mol. The summed E-state index contributed by atoms with van der Waals surface area (Å²) in [5.74, 6) is 0. The molecule has 0 radical (unpaired) electrons. The number of nitriles is 1. The van der Waals surface area contributed by atoms with Crippen LogP contribution < -0.4 is 15.8 Å². The lowest BCUT2D eigenvalue weighted by atomic mass is 10.1. The third-order valence-electron chi connectivity index (χ3n) is 3.74. The molecule has 1 aliphatic heterocycles. The van der Waals surface area contributed by atoms with E-state index in [1.165, 1.54) is 6.07 Å². The van der Waals surface area contributed by atoms with Gasteiger partial charge < -0.3 is 15.0 Å². The van der Waals surface area contributed by atoms with E-state index in [2.05, 4.69) is 16.4 Å². The summed E-state index contributed by atoms with van der Waals surface area (Å²) in [6.45, 7) is 1.44. The number of hydrogen-bond acceptors (Lipinski definition) is 5. The lowest BCUT2D eigenvalue weighted by Crippen LogP contribution is -2.41. The van der Waals surface area contributed by atoms with Crippen molar-refractivity contribution < 1.29 is 9.53 Å². The second-order valence-corrected chi connectivity index (χ2v) is 5.31. The zero-order chi connectivity index (χ0) is 16.2. The highest BCUT2D eigenvalue weighted by Gasteiger charge is 2.33. The van der Waals surface area contributed by atoms with Crippen LogP contribution in [-0.4, -0.2) is 36.8 Å². The van der Waals surface area contributed by atoms with Gasteiger partial charge in [-0.05, 0) is 24.3 Å². The van der Waals surface area contributed by atoms with Gasteiger partial charge in [-0.1, -0.05) is 0 Å². The molecule has 23 heavy (non-hydrogen) atoms. The largest absolute Gasteiger partial charge is 0.447 e. The van der Waals surface area contributed by atoms with Gasteiger partial charge in [0.15, 0.2) is 0 Å². The molecule has 2 N–H and O–H groups in total. The molecule has 7 heteroatoms. The Balaban J connectivity index is 1.82. The van der Waals surface area contributed by atoms with Crippen LogP contribution in [0, 0.1) is 11.3 Å². The number of carbonyl (C=O) groups excluding carboxylic acids is 1. The molecule has 7 nitrogen and oxygen atoms in total. The zero-order valence-electron chi connectivity index (χ0n) is 12.4. The maximum absolute atomic E-state index is 12.0. The number of hydrogen-bond donors (Lipinski definition) is 2. The number of nitrogens with zero attached hydrogens (tertiary/aromatic N) is 2. The standard InChI is InChI=1S/C16H16N4O3/c17-6-1-7-18-9-13-10-23-16(22)20(13)12-3-4-14-11(8-12)2-5-15(21)19-14/h2-5,8,13,18H,1,7,9-10H2,(H,19,21). The van der Waals surface area contributed by atoms with Gasteiger partial charge in [-0.15, -0.1) is 0 Å². The SMILES string of the molecule is N#CCCNCC1COC(=O)N1c1ccc2[nH]c(=O)ccc2c1. The summed E-state index contributed by atoms with van der Waals surface area (Å²) in [6.07, 6.45) is 0.0334. The van der Waals surface area contributed by atoms with Crippen LogP contribution in [0.15, 0.2) is 35.1 Å². The monoisotopic (exact) mass is 312 g/mol. The van der Waals surface area contributed by atoms with Gasteiger partial charge in [-0.2, -0.15) is 5.26 Å². The van der Waals surface area contributed by atoms with Crippen molar-refractivity contribution in [1.82, 2.24) is 10.3 Å². The number of H-pyrrole nitrogens is 1. The Bertz CT molecular complexity index is 824. The number of aromatic amines is 1. The molecule has 1 aromatic carbocycles. The van der Waals surface area contributed by atoms with Crippen LogP contribution in [0.3, 0.4) is 0 Å². The molecule has 0 saturated carbocycles. The minimum Gasteiger partial charge on any atom is -0.447 e. The summed E-state index contributed by atoms with van der Waals surface area (Å²) >= 11 is 0. The number of pyridine rings is 1. The molecule has 0 bridgehead atoms. The predicted octanol–water partition coefficient (Wildman–Crippen LogP) is 1.36. The summed E-state index contributed by atoms with van der Waals surface area (Å²) in [5, 5.41) is 12.5. The molecule has 1 fully saturated rings. The number of benzene rings is 1. The third kappa shape index (κ3) is 3.17. The predicted molar refractivity (Wildman–Crippen MR) is 85.3 cm³/mol. The Morgan fingerprint density at radius 1 is 1.35 bits per heavy atom. The van der Waals surface area contributed by atoms with Crippen LogP contribution in [0.4, 0.5) is 10.5 Å². The number of anilines is 1. The maximum atomic E-state index is 12.0. The number of amides is 1. The minimum atomic E-state index is -0.388. The first-order chi connectivity index (χ1) is 11.2. The lowest BCUT2D eigenvalue weighted by molar-refractivity contribution is 0.178. The van der Waals surface area contributed by atoms with Gasteiger partial charge in [0.25, 0.3) is 0 Å². The number of cyclic esters (lactones) is 1. The van der Waals surface area contributed by atoms with Crippen molar-refractivity contribution in [2.24, 2.45) is 0 Å². The van der Waals surface area contributed by atoms with Gasteiger partial charge in [-0.3, -0.25) is 9.69 Å². The topological polar surface area (TPSA) is 98.2 Å². The van der Waals surface area contributed by atoms with Crippen molar-refractivity contribution in [2.75, 3.05) is 24.6 Å². The Labute approximate surface area is 132 Å². The second-order valence-electron chi connectivity index (χ2n) is 5.31. The first-order valence-electron chi connectivity index (χ1n) is 7.36. The van der Waals surface area contributed by atoms with Crippen LogP contribution in [0.25, 0.3) is 10.9 Å². The first kappa shape index (κ1) is 15.1. The highest BCUT2D eigenvalue weighted by molar-refractivity contribution is 5.93. The van der Waals surface area contributed by atoms with Gasteiger partial charge in [0, 0.05) is 42.2 Å². The Morgan fingerprint density at radius 2 is 2.22 bits per heavy atom. The number of ether oxygens (including phenoxy) is 1. The number of carbonyl (C=O) groups is 1. The Kier molecular flexibility index (Phi) is 4.26. The molecule has 2 heterocycles. The van der Waals surface area contributed by atoms with Crippen molar-refractivity contribution in [3.63, 3.8) is 0 Å². The highest BCUT2D eigenvalue weighted by Crippen LogP contribution is 2.25. The minimum absolute atomic E-state index is 0.124. The number of fused-ring (bicyclic) bond motifs is 1. The van der Waals surface area contributed by atoms with E-state index in [1.807, 2.05) is 6.07 Å². The lowest BCUT2D eigenvalue weighted by Gasteiger charge is -2.22. The highest BCUT2D eigenvalue weighted by atomic mass is 16.6. The molecular formula is C16H16N4O3. The van der Waals surface area contributed by atoms with Crippen LogP contribution in [-0.2, 0) is 4.74 Å². The normalized spacial score (nSPS) is 17.3. The van der Waals surface area contributed by atoms with E-state index in [0.717, 1.165) is 16.6 Å². The Hall–Kier alpha value is -2.85. The summed E-state index contributed by atoms with van der Waals surface area (Å²) in [7, 11) is 0. The van der Waals surface area contributed by atoms with Crippen molar-refractivity contribution >= 4 is 22.7 Å². The van der Waals surface area contributed by atoms with Crippen molar-refractivity contribution in [3.05, 3.63) is 40.7 Å². The molecule has 1 aliphatic rings. The molecule has 0 spiro atoms. The zero-order valence-corrected chi connectivity index (χ0v) is 12.4. The van der Waals surface area contributed by atoms with Crippen molar-refractivity contribution in [2.45, 2.75) is 12.5 Å². The van der Waals surface area contributed by atoms with Crippen LogP contribution >= 0.6 is 0 Å². The Morgan fingerprint density at radius 3 is 3.04 bits per heavy atom. The summed E-state index contributed by atoms with van der Waals surface area (Å²) in [6, 6.07) is 10.5. The van der Waals surface area contributed by atoms with Gasteiger partial charge in [-0.25, -0.2) is 4.79 Å². The van der Waals surface area contributed by atoms with Crippen LogP contribution in [0.1, 0.15) is 6.42 Å². The average Bonchev–Trinajstić information content (AvgIpc) is 2.92. The van der Waals surface area contributed by atoms with Gasteiger partial charge in [0.05, 0.1) is 12.1 Å². The first-order valence-corrected chi connectivity index (χ1v) is 7.36. The molecule has 3 rings (SSSR count). The number of aromatic nitrogens is 1. The molecule has 1 unspecified atom stereocenters. The molecular weight excluding hydrogens is 296 g/mol.